The number of primary amides is 1. The third-order valence-electron chi connectivity index (χ3n) is 5.32. The molecule has 8 nitrogen and oxygen atoms in total. The Labute approximate surface area is 209 Å². The Morgan fingerprint density at radius 2 is 1.86 bits per heavy atom. The number of ether oxygens (including phenoxy) is 1. The number of hydrogen-bond acceptors (Lipinski definition) is 6. The first-order valence-corrected chi connectivity index (χ1v) is 11.7. The Balaban J connectivity index is 1.47. The third-order valence-corrected chi connectivity index (χ3v) is 6.48. The molecular weight excluding hydrogens is 481 g/mol. The number of imidazole rings is 1. The number of aryl methyl sites for hydroxylation is 1. The molecule has 180 valence electrons. The molecule has 3 aromatic heterocycles. The van der Waals surface area contributed by atoms with Gasteiger partial charge >= 0.3 is 0 Å². The highest BCUT2D eigenvalue weighted by molar-refractivity contribution is 7.22. The summed E-state index contributed by atoms with van der Waals surface area (Å²) in [7, 11) is 1.89. The summed E-state index contributed by atoms with van der Waals surface area (Å²) in [6, 6.07) is 16.4. The largest absolute Gasteiger partial charge is 0.453 e. The molecule has 0 bridgehead atoms. The van der Waals surface area contributed by atoms with Gasteiger partial charge in [0.05, 0.1) is 32.8 Å². The van der Waals surface area contributed by atoms with Crippen LogP contribution in [0.15, 0.2) is 79.4 Å². The predicted molar refractivity (Wildman–Crippen MR) is 136 cm³/mol. The number of hydrogen-bond donors (Lipinski definition) is 1. The maximum Gasteiger partial charge on any atom is 0.240 e. The first-order chi connectivity index (χ1) is 17.4. The van der Waals surface area contributed by atoms with Crippen molar-refractivity contribution in [1.29, 1.82) is 0 Å². The van der Waals surface area contributed by atoms with Crippen LogP contribution in [0, 0.1) is 5.82 Å². The first-order valence-electron chi connectivity index (χ1n) is 10.9. The van der Waals surface area contributed by atoms with Crippen molar-refractivity contribution in [2.24, 2.45) is 12.8 Å². The number of anilines is 2. The van der Waals surface area contributed by atoms with Crippen LogP contribution in [0.4, 0.5) is 15.8 Å². The van der Waals surface area contributed by atoms with E-state index >= 15 is 4.39 Å². The van der Waals surface area contributed by atoms with E-state index in [1.165, 1.54) is 28.4 Å². The van der Waals surface area contributed by atoms with Crippen molar-refractivity contribution in [3.8, 4) is 22.1 Å². The van der Waals surface area contributed by atoms with Crippen molar-refractivity contribution in [1.82, 2.24) is 14.5 Å². The van der Waals surface area contributed by atoms with Crippen LogP contribution in [-0.4, -0.2) is 26.3 Å². The molecular formula is C26H20FN5O3S. The van der Waals surface area contributed by atoms with Gasteiger partial charge < -0.3 is 15.0 Å². The monoisotopic (exact) mass is 501 g/mol. The lowest BCUT2D eigenvalue weighted by Gasteiger charge is -2.23. The molecule has 2 amide bonds. The van der Waals surface area contributed by atoms with Crippen molar-refractivity contribution in [2.45, 2.75) is 6.42 Å². The van der Waals surface area contributed by atoms with Crippen molar-refractivity contribution in [3.05, 3.63) is 85.2 Å². The third kappa shape index (κ3) is 4.66. The van der Waals surface area contributed by atoms with E-state index in [0.717, 1.165) is 15.3 Å². The van der Waals surface area contributed by atoms with Crippen molar-refractivity contribution >= 4 is 44.7 Å². The first kappa shape index (κ1) is 23.2. The van der Waals surface area contributed by atoms with Crippen molar-refractivity contribution in [3.63, 3.8) is 0 Å². The zero-order chi connectivity index (χ0) is 25.2. The van der Waals surface area contributed by atoms with Crippen LogP contribution in [0.1, 0.15) is 6.42 Å². The van der Waals surface area contributed by atoms with Gasteiger partial charge in [0.2, 0.25) is 11.8 Å². The molecule has 10 heteroatoms. The Morgan fingerprint density at radius 3 is 2.56 bits per heavy atom. The molecule has 0 saturated heterocycles. The number of carbonyl (C=O) groups is 2. The molecule has 0 fully saturated rings. The van der Waals surface area contributed by atoms with Gasteiger partial charge in [0, 0.05) is 37.3 Å². The number of thiophene rings is 1. The molecule has 2 aromatic carbocycles. The fourth-order valence-electron chi connectivity index (χ4n) is 3.73. The topological polar surface area (TPSA) is 103 Å². The van der Waals surface area contributed by atoms with Gasteiger partial charge in [-0.15, -0.1) is 11.3 Å². The minimum Gasteiger partial charge on any atom is -0.453 e. The summed E-state index contributed by atoms with van der Waals surface area (Å²) in [4.78, 5) is 35.1. The van der Waals surface area contributed by atoms with Crippen LogP contribution < -0.4 is 15.4 Å². The highest BCUT2D eigenvalue weighted by Crippen LogP contribution is 2.39. The minimum absolute atomic E-state index is 0.0191. The predicted octanol–water partition coefficient (Wildman–Crippen LogP) is 5.17. The number of amides is 2. The Hall–Kier alpha value is -4.57. The lowest BCUT2D eigenvalue weighted by atomic mass is 10.2. The second-order valence-electron chi connectivity index (χ2n) is 7.98. The number of fused-ring (bicyclic) bond motifs is 1. The number of nitrogens with two attached hydrogens (primary N) is 1. The minimum atomic E-state index is -0.774. The Kier molecular flexibility index (Phi) is 6.17. The summed E-state index contributed by atoms with van der Waals surface area (Å²) in [6.07, 6.45) is 4.70. The SMILES string of the molecule is Cn1cnc(-c2cc3nccc(Oc4ccc(N(C(=O)CC(N)=O)c5ccccc5)cc4F)c3s2)c1. The summed E-state index contributed by atoms with van der Waals surface area (Å²) < 4.78 is 23.8. The fourth-order valence-corrected chi connectivity index (χ4v) is 4.76. The average molecular weight is 502 g/mol. The van der Waals surface area contributed by atoms with Gasteiger partial charge in [0.25, 0.3) is 0 Å². The molecule has 0 radical (unpaired) electrons. The highest BCUT2D eigenvalue weighted by atomic mass is 32.1. The molecule has 3 heterocycles. The van der Waals surface area contributed by atoms with Gasteiger partial charge in [-0.3, -0.25) is 19.5 Å². The standard InChI is InChI=1S/C26H20FN5O3S/c1-31-14-20(30-15-31)23-12-19-26(36-23)22(9-10-29-19)35-21-8-7-17(11-18(21)27)32(25(34)13-24(28)33)16-5-3-2-4-6-16/h2-12,14-15H,13H2,1H3,(H2,28,33). The molecule has 0 aliphatic heterocycles. The molecule has 0 spiro atoms. The zero-order valence-electron chi connectivity index (χ0n) is 19.1. The van der Waals surface area contributed by atoms with E-state index in [2.05, 4.69) is 9.97 Å². The normalized spacial score (nSPS) is 10.9. The van der Waals surface area contributed by atoms with Crippen LogP contribution in [0.5, 0.6) is 11.5 Å². The Bertz CT molecular complexity index is 1580. The van der Waals surface area contributed by atoms with Gasteiger partial charge in [0.15, 0.2) is 11.6 Å². The fraction of sp³-hybridized carbons (Fsp3) is 0.0769. The lowest BCUT2D eigenvalue weighted by molar-refractivity contribution is -0.125. The molecule has 0 unspecified atom stereocenters. The van der Waals surface area contributed by atoms with Crippen LogP contribution >= 0.6 is 11.3 Å². The van der Waals surface area contributed by atoms with E-state index in [4.69, 9.17) is 10.5 Å². The van der Waals surface area contributed by atoms with Crippen molar-refractivity contribution in [2.75, 3.05) is 4.90 Å². The van der Waals surface area contributed by atoms with Crippen LogP contribution in [-0.2, 0) is 16.6 Å². The number of rotatable bonds is 7. The molecule has 36 heavy (non-hydrogen) atoms. The van der Waals surface area contributed by atoms with Gasteiger partial charge in [-0.2, -0.15) is 0 Å². The Morgan fingerprint density at radius 1 is 1.06 bits per heavy atom. The number of carbonyl (C=O) groups excluding carboxylic acids is 2. The second-order valence-corrected chi connectivity index (χ2v) is 9.04. The summed E-state index contributed by atoms with van der Waals surface area (Å²) in [5, 5.41) is 0. The van der Waals surface area contributed by atoms with Gasteiger partial charge in [-0.25, -0.2) is 9.37 Å². The van der Waals surface area contributed by atoms with E-state index in [9.17, 15) is 9.59 Å². The number of benzene rings is 2. The van der Waals surface area contributed by atoms with Crippen molar-refractivity contribution < 1.29 is 18.7 Å². The highest BCUT2D eigenvalue weighted by Gasteiger charge is 2.22. The zero-order valence-corrected chi connectivity index (χ0v) is 19.9. The summed E-state index contributed by atoms with van der Waals surface area (Å²) in [5.74, 6) is -1.59. The van der Waals surface area contributed by atoms with E-state index < -0.39 is 24.1 Å². The average Bonchev–Trinajstić information content (AvgIpc) is 3.48. The van der Waals surface area contributed by atoms with Crippen LogP contribution in [0.25, 0.3) is 20.8 Å². The molecule has 2 N–H and O–H groups in total. The van der Waals surface area contributed by atoms with E-state index in [0.29, 0.717) is 17.0 Å². The number of pyridine rings is 1. The van der Waals surface area contributed by atoms with E-state index in [1.54, 1.807) is 55.0 Å². The number of halogens is 1. The number of aromatic nitrogens is 3. The lowest BCUT2D eigenvalue weighted by Crippen LogP contribution is -2.30. The number of para-hydroxylation sites is 1. The maximum absolute atomic E-state index is 15.2. The smallest absolute Gasteiger partial charge is 0.240 e. The second kappa shape index (κ2) is 9.59. The molecule has 0 aliphatic rings. The summed E-state index contributed by atoms with van der Waals surface area (Å²) >= 11 is 1.45. The van der Waals surface area contributed by atoms with Crippen LogP contribution in [0.3, 0.4) is 0 Å². The quantitative estimate of drug-likeness (QED) is 0.310. The maximum atomic E-state index is 15.2. The molecule has 5 rings (SSSR count). The molecule has 0 aliphatic carbocycles. The van der Waals surface area contributed by atoms with Crippen LogP contribution in [0.2, 0.25) is 0 Å². The summed E-state index contributed by atoms with van der Waals surface area (Å²) in [6.45, 7) is 0. The van der Waals surface area contributed by atoms with Gasteiger partial charge in [-0.1, -0.05) is 18.2 Å². The molecule has 0 saturated carbocycles. The van der Waals surface area contributed by atoms with E-state index in [1.807, 2.05) is 23.9 Å². The molecule has 0 atom stereocenters. The number of nitrogens with zero attached hydrogens (tertiary/aromatic N) is 4. The van der Waals surface area contributed by atoms with E-state index in [-0.39, 0.29) is 11.4 Å². The molecule has 5 aromatic rings. The van der Waals surface area contributed by atoms with Gasteiger partial charge in [-0.05, 0) is 30.3 Å². The van der Waals surface area contributed by atoms with Gasteiger partial charge in [0.1, 0.15) is 12.2 Å². The summed E-state index contributed by atoms with van der Waals surface area (Å²) in [5.41, 5.74) is 7.46.